The van der Waals surface area contributed by atoms with Crippen molar-refractivity contribution in [2.24, 2.45) is 0 Å². The fourth-order valence-corrected chi connectivity index (χ4v) is 2.86. The van der Waals surface area contributed by atoms with Crippen LogP contribution in [0.5, 0.6) is 5.75 Å². The van der Waals surface area contributed by atoms with Crippen molar-refractivity contribution in [1.82, 2.24) is 0 Å². The third kappa shape index (κ3) is 5.99. The summed E-state index contributed by atoms with van der Waals surface area (Å²) in [4.78, 5) is 0. The highest BCUT2D eigenvalue weighted by atomic mass is 32.1. The minimum absolute atomic E-state index is 0.287. The van der Waals surface area contributed by atoms with Crippen molar-refractivity contribution >= 4 is 28.7 Å². The Kier molecular flexibility index (Phi) is 6.16. The number of para-hydroxylation sites is 1. The van der Waals surface area contributed by atoms with Crippen LogP contribution in [-0.2, 0) is 6.42 Å². The first-order valence-corrected chi connectivity index (χ1v) is 8.85. The van der Waals surface area contributed by atoms with Crippen LogP contribution in [0.15, 0.2) is 78.9 Å². The van der Waals surface area contributed by atoms with Crippen molar-refractivity contribution < 1.29 is 17.9 Å². The predicted octanol–water partition coefficient (Wildman–Crippen LogP) is 5.98. The maximum Gasteiger partial charge on any atom is 0.573 e. The summed E-state index contributed by atoms with van der Waals surface area (Å²) in [6.07, 6.45) is -3.97. The normalized spacial score (nSPS) is 11.0. The number of nitrogens with one attached hydrogen (secondary N) is 2. The SMILES string of the molecule is FC(F)(F)Oc1ccc(NC(=S)Nc2ccccc2Cc2ccccc2)cc1. The number of halogens is 3. The van der Waals surface area contributed by atoms with Crippen molar-refractivity contribution in [3.05, 3.63) is 90.0 Å². The first-order chi connectivity index (χ1) is 13.4. The summed E-state index contributed by atoms with van der Waals surface area (Å²) < 4.78 is 40.5. The van der Waals surface area contributed by atoms with Crippen LogP contribution in [0.3, 0.4) is 0 Å². The van der Waals surface area contributed by atoms with E-state index in [2.05, 4.69) is 27.5 Å². The lowest BCUT2D eigenvalue weighted by molar-refractivity contribution is -0.274. The molecule has 0 unspecified atom stereocenters. The summed E-state index contributed by atoms with van der Waals surface area (Å²) in [6, 6.07) is 23.2. The molecule has 0 saturated heterocycles. The molecular formula is C21H17F3N2OS. The average Bonchev–Trinajstić information content (AvgIpc) is 2.65. The smallest absolute Gasteiger partial charge is 0.406 e. The molecule has 28 heavy (non-hydrogen) atoms. The maximum atomic E-state index is 12.2. The minimum atomic E-state index is -4.71. The molecule has 0 fully saturated rings. The van der Waals surface area contributed by atoms with Gasteiger partial charge in [-0.25, -0.2) is 0 Å². The van der Waals surface area contributed by atoms with Gasteiger partial charge >= 0.3 is 6.36 Å². The molecule has 3 aromatic carbocycles. The quantitative estimate of drug-likeness (QED) is 0.514. The van der Waals surface area contributed by atoms with Crippen LogP contribution in [0.1, 0.15) is 11.1 Å². The molecule has 0 heterocycles. The summed E-state index contributed by atoms with van der Waals surface area (Å²) in [6.45, 7) is 0. The molecule has 7 heteroatoms. The highest BCUT2D eigenvalue weighted by Gasteiger charge is 2.30. The van der Waals surface area contributed by atoms with Gasteiger partial charge < -0.3 is 15.4 Å². The van der Waals surface area contributed by atoms with Gasteiger partial charge in [0.05, 0.1) is 0 Å². The number of benzene rings is 3. The highest BCUT2D eigenvalue weighted by molar-refractivity contribution is 7.80. The van der Waals surface area contributed by atoms with Gasteiger partial charge in [0.1, 0.15) is 5.75 Å². The first kappa shape index (κ1) is 19.7. The molecule has 144 valence electrons. The highest BCUT2D eigenvalue weighted by Crippen LogP contribution is 2.24. The van der Waals surface area contributed by atoms with E-state index in [0.717, 1.165) is 17.7 Å². The van der Waals surface area contributed by atoms with Gasteiger partial charge in [-0.3, -0.25) is 0 Å². The van der Waals surface area contributed by atoms with Gasteiger partial charge in [-0.2, -0.15) is 0 Å². The number of alkyl halides is 3. The van der Waals surface area contributed by atoms with Crippen molar-refractivity contribution in [3.63, 3.8) is 0 Å². The second kappa shape index (κ2) is 8.75. The number of hydrogen-bond donors (Lipinski definition) is 2. The van der Waals surface area contributed by atoms with E-state index < -0.39 is 6.36 Å². The first-order valence-electron chi connectivity index (χ1n) is 8.45. The van der Waals surface area contributed by atoms with E-state index in [1.54, 1.807) is 0 Å². The Morgan fingerprint density at radius 3 is 2.14 bits per heavy atom. The van der Waals surface area contributed by atoms with Gasteiger partial charge in [-0.1, -0.05) is 48.5 Å². The number of rotatable bonds is 5. The second-order valence-electron chi connectivity index (χ2n) is 5.97. The third-order valence-corrected chi connectivity index (χ3v) is 4.05. The Morgan fingerprint density at radius 2 is 1.46 bits per heavy atom. The van der Waals surface area contributed by atoms with Crippen LogP contribution >= 0.6 is 12.2 Å². The van der Waals surface area contributed by atoms with Gasteiger partial charge in [0.2, 0.25) is 0 Å². The summed E-state index contributed by atoms with van der Waals surface area (Å²) in [5.41, 5.74) is 3.66. The molecule has 0 aliphatic rings. The lowest BCUT2D eigenvalue weighted by Crippen LogP contribution is -2.20. The molecule has 3 nitrogen and oxygen atoms in total. The number of thiocarbonyl (C=S) groups is 1. The Bertz CT molecular complexity index is 928. The minimum Gasteiger partial charge on any atom is -0.406 e. The average molecular weight is 402 g/mol. The van der Waals surface area contributed by atoms with E-state index in [9.17, 15) is 13.2 Å². The fraction of sp³-hybridized carbons (Fsp3) is 0.0952. The van der Waals surface area contributed by atoms with Gasteiger partial charge in [0.25, 0.3) is 0 Å². The van der Waals surface area contributed by atoms with E-state index in [-0.39, 0.29) is 5.75 Å². The van der Waals surface area contributed by atoms with E-state index in [1.165, 1.54) is 29.8 Å². The van der Waals surface area contributed by atoms with Gasteiger partial charge in [-0.15, -0.1) is 13.2 Å². The predicted molar refractivity (Wildman–Crippen MR) is 109 cm³/mol. The molecule has 0 bridgehead atoms. The van der Waals surface area contributed by atoms with Gasteiger partial charge in [0.15, 0.2) is 5.11 Å². The Labute approximate surface area is 166 Å². The molecule has 0 atom stereocenters. The standard InChI is InChI=1S/C21H17F3N2OS/c22-21(23,24)27-18-12-10-17(11-13-18)25-20(28)26-19-9-5-4-8-16(19)14-15-6-2-1-3-7-15/h1-13H,14H2,(H2,25,26,28). The van der Waals surface area contributed by atoms with E-state index >= 15 is 0 Å². The summed E-state index contributed by atoms with van der Waals surface area (Å²) in [5.74, 6) is -0.287. The fourth-order valence-electron chi connectivity index (χ4n) is 2.64. The van der Waals surface area contributed by atoms with E-state index in [0.29, 0.717) is 10.8 Å². The maximum absolute atomic E-state index is 12.2. The molecule has 3 aromatic rings. The van der Waals surface area contributed by atoms with Crippen LogP contribution in [0.2, 0.25) is 0 Å². The number of hydrogen-bond acceptors (Lipinski definition) is 2. The zero-order valence-electron chi connectivity index (χ0n) is 14.7. The molecule has 2 N–H and O–H groups in total. The summed E-state index contributed by atoms with van der Waals surface area (Å²) in [5, 5.41) is 6.43. The molecule has 0 radical (unpaired) electrons. The molecule has 0 aliphatic heterocycles. The molecule has 3 rings (SSSR count). The molecule has 0 saturated carbocycles. The zero-order chi connectivity index (χ0) is 20.0. The van der Waals surface area contributed by atoms with E-state index in [1.807, 2.05) is 42.5 Å². The van der Waals surface area contributed by atoms with Crippen LogP contribution < -0.4 is 15.4 Å². The summed E-state index contributed by atoms with van der Waals surface area (Å²) in [7, 11) is 0. The van der Waals surface area contributed by atoms with E-state index in [4.69, 9.17) is 12.2 Å². The number of ether oxygens (including phenoxy) is 1. The van der Waals surface area contributed by atoms with Gasteiger partial charge in [-0.05, 0) is 60.1 Å². The van der Waals surface area contributed by atoms with Crippen molar-refractivity contribution in [2.45, 2.75) is 12.8 Å². The zero-order valence-corrected chi connectivity index (χ0v) is 15.5. The van der Waals surface area contributed by atoms with Crippen molar-refractivity contribution in [1.29, 1.82) is 0 Å². The van der Waals surface area contributed by atoms with Crippen LogP contribution in [0.25, 0.3) is 0 Å². The lowest BCUT2D eigenvalue weighted by atomic mass is 10.0. The molecule has 0 aromatic heterocycles. The van der Waals surface area contributed by atoms with Crippen LogP contribution in [0.4, 0.5) is 24.5 Å². The second-order valence-corrected chi connectivity index (χ2v) is 6.38. The number of anilines is 2. The lowest BCUT2D eigenvalue weighted by Gasteiger charge is -2.15. The van der Waals surface area contributed by atoms with Crippen molar-refractivity contribution in [3.8, 4) is 5.75 Å². The van der Waals surface area contributed by atoms with Crippen LogP contribution in [-0.4, -0.2) is 11.5 Å². The Balaban J connectivity index is 1.64. The van der Waals surface area contributed by atoms with Crippen LogP contribution in [0, 0.1) is 0 Å². The molecular weight excluding hydrogens is 385 g/mol. The molecule has 0 spiro atoms. The van der Waals surface area contributed by atoms with Gasteiger partial charge in [0, 0.05) is 11.4 Å². The Morgan fingerprint density at radius 1 is 0.821 bits per heavy atom. The largest absolute Gasteiger partial charge is 0.573 e. The monoisotopic (exact) mass is 402 g/mol. The summed E-state index contributed by atoms with van der Waals surface area (Å²) >= 11 is 5.33. The Hall–Kier alpha value is -3.06. The molecule has 0 amide bonds. The third-order valence-electron chi connectivity index (χ3n) is 3.85. The molecule has 0 aliphatic carbocycles. The topological polar surface area (TPSA) is 33.3 Å². The van der Waals surface area contributed by atoms with Crippen molar-refractivity contribution in [2.75, 3.05) is 10.6 Å².